The minimum absolute atomic E-state index is 0.00368. The second kappa shape index (κ2) is 13.3. The molecule has 1 unspecified atom stereocenters. The molecule has 0 radical (unpaired) electrons. The monoisotopic (exact) mass is 557 g/mol. The topological polar surface area (TPSA) is 96.0 Å². The van der Waals surface area contributed by atoms with Gasteiger partial charge in [0.1, 0.15) is 18.3 Å². The van der Waals surface area contributed by atoms with Crippen molar-refractivity contribution in [3.63, 3.8) is 0 Å². The number of nitrogens with zero attached hydrogens (tertiary/aromatic N) is 2. The number of anilines is 1. The predicted octanol–water partition coefficient (Wildman–Crippen LogP) is 4.49. The highest BCUT2D eigenvalue weighted by molar-refractivity contribution is 7.92. The van der Waals surface area contributed by atoms with E-state index in [1.165, 1.54) is 29.2 Å². The summed E-state index contributed by atoms with van der Waals surface area (Å²) in [4.78, 5) is 28.3. The number of benzene rings is 3. The number of nitrogens with one attached hydrogen (secondary N) is 1. The summed E-state index contributed by atoms with van der Waals surface area (Å²) in [6.07, 6.45) is 0.350. The molecule has 0 bridgehead atoms. The average molecular weight is 558 g/mol. The lowest BCUT2D eigenvalue weighted by atomic mass is 10.1. The van der Waals surface area contributed by atoms with Crippen LogP contribution in [0.4, 0.5) is 5.69 Å². The van der Waals surface area contributed by atoms with Gasteiger partial charge in [0.15, 0.2) is 0 Å². The third-order valence-electron chi connectivity index (χ3n) is 5.97. The van der Waals surface area contributed by atoms with E-state index >= 15 is 0 Å². The van der Waals surface area contributed by atoms with Crippen molar-refractivity contribution in [3.8, 4) is 5.75 Å². The molecular formula is C28H32ClN3O5S. The van der Waals surface area contributed by atoms with Gasteiger partial charge in [0.25, 0.3) is 10.0 Å². The number of likely N-dealkylation sites (N-methyl/N-ethyl adjacent to an activating group) is 1. The first kappa shape index (κ1) is 29.0. The molecular weight excluding hydrogens is 526 g/mol. The van der Waals surface area contributed by atoms with Gasteiger partial charge in [-0.15, -0.1) is 0 Å². The van der Waals surface area contributed by atoms with Crippen LogP contribution in [0.15, 0.2) is 83.8 Å². The number of methoxy groups -OCH3 is 1. The fourth-order valence-corrected chi connectivity index (χ4v) is 5.54. The Morgan fingerprint density at radius 2 is 1.58 bits per heavy atom. The van der Waals surface area contributed by atoms with E-state index in [1.807, 2.05) is 19.1 Å². The van der Waals surface area contributed by atoms with E-state index in [9.17, 15) is 18.0 Å². The maximum atomic E-state index is 13.9. The maximum Gasteiger partial charge on any atom is 0.264 e. The Balaban J connectivity index is 2.02. The smallest absolute Gasteiger partial charge is 0.264 e. The lowest BCUT2D eigenvalue weighted by Gasteiger charge is -2.33. The molecule has 1 N–H and O–H groups in total. The van der Waals surface area contributed by atoms with Gasteiger partial charge in [-0.25, -0.2) is 8.42 Å². The Labute approximate surface area is 229 Å². The number of amides is 2. The van der Waals surface area contributed by atoms with Gasteiger partial charge < -0.3 is 15.0 Å². The summed E-state index contributed by atoms with van der Waals surface area (Å²) >= 11 is 5.97. The SMILES string of the molecule is CCNC(=O)C(CC)N(Cc1ccc(OC)cc1)C(=O)CN(c1ccccc1)S(=O)(=O)c1ccc(Cl)cc1. The molecule has 0 saturated heterocycles. The summed E-state index contributed by atoms with van der Waals surface area (Å²) in [5.74, 6) is -0.157. The molecule has 0 heterocycles. The number of halogens is 1. The summed E-state index contributed by atoms with van der Waals surface area (Å²) in [6.45, 7) is 3.63. The van der Waals surface area contributed by atoms with Crippen LogP contribution in [-0.2, 0) is 26.2 Å². The highest BCUT2D eigenvalue weighted by Gasteiger charge is 2.33. The zero-order valence-corrected chi connectivity index (χ0v) is 23.2. The molecule has 0 spiro atoms. The van der Waals surface area contributed by atoms with E-state index in [-0.39, 0.29) is 17.3 Å². The molecule has 202 valence electrons. The minimum Gasteiger partial charge on any atom is -0.497 e. The molecule has 1 atom stereocenters. The summed E-state index contributed by atoms with van der Waals surface area (Å²) in [5, 5.41) is 3.18. The Morgan fingerprint density at radius 3 is 2.13 bits per heavy atom. The molecule has 3 aromatic carbocycles. The summed E-state index contributed by atoms with van der Waals surface area (Å²) in [5.41, 5.74) is 1.10. The number of para-hydroxylation sites is 1. The molecule has 8 nitrogen and oxygen atoms in total. The molecule has 0 saturated carbocycles. The van der Waals surface area contributed by atoms with Gasteiger partial charge in [-0.1, -0.05) is 48.9 Å². The second-order valence-electron chi connectivity index (χ2n) is 8.49. The molecule has 3 aromatic rings. The normalized spacial score (nSPS) is 11.9. The summed E-state index contributed by atoms with van der Waals surface area (Å²) < 4.78 is 33.7. The Hall–Kier alpha value is -3.56. The van der Waals surface area contributed by atoms with Crippen molar-refractivity contribution < 1.29 is 22.7 Å². The number of carbonyl (C=O) groups excluding carboxylic acids is 2. The fraction of sp³-hybridized carbons (Fsp3) is 0.286. The Morgan fingerprint density at radius 1 is 0.947 bits per heavy atom. The highest BCUT2D eigenvalue weighted by atomic mass is 35.5. The molecule has 38 heavy (non-hydrogen) atoms. The molecule has 0 fully saturated rings. The highest BCUT2D eigenvalue weighted by Crippen LogP contribution is 2.26. The van der Waals surface area contributed by atoms with Crippen LogP contribution in [0.1, 0.15) is 25.8 Å². The quantitative estimate of drug-likeness (QED) is 0.354. The zero-order valence-electron chi connectivity index (χ0n) is 21.6. The number of hydrogen-bond donors (Lipinski definition) is 1. The first-order valence-electron chi connectivity index (χ1n) is 12.2. The van der Waals surface area contributed by atoms with Crippen LogP contribution in [-0.4, -0.2) is 51.4 Å². The molecule has 0 aromatic heterocycles. The number of sulfonamides is 1. The number of carbonyl (C=O) groups is 2. The number of ether oxygens (including phenoxy) is 1. The van der Waals surface area contributed by atoms with Gasteiger partial charge in [-0.2, -0.15) is 0 Å². The molecule has 0 aliphatic heterocycles. The van der Waals surface area contributed by atoms with Gasteiger partial charge in [-0.05, 0) is 67.4 Å². The van der Waals surface area contributed by atoms with E-state index in [1.54, 1.807) is 56.5 Å². The van der Waals surface area contributed by atoms with Crippen LogP contribution in [0, 0.1) is 0 Å². The van der Waals surface area contributed by atoms with Crippen LogP contribution in [0.3, 0.4) is 0 Å². The number of rotatable bonds is 12. The third kappa shape index (κ3) is 7.05. The third-order valence-corrected chi connectivity index (χ3v) is 8.01. The lowest BCUT2D eigenvalue weighted by Crippen LogP contribution is -2.52. The van der Waals surface area contributed by atoms with Crippen molar-refractivity contribution in [1.29, 1.82) is 0 Å². The molecule has 2 amide bonds. The first-order valence-corrected chi connectivity index (χ1v) is 14.1. The molecule has 10 heteroatoms. The van der Waals surface area contributed by atoms with Gasteiger partial charge in [-0.3, -0.25) is 13.9 Å². The van der Waals surface area contributed by atoms with Crippen molar-refractivity contribution in [1.82, 2.24) is 10.2 Å². The maximum absolute atomic E-state index is 13.9. The average Bonchev–Trinajstić information content (AvgIpc) is 2.92. The van der Waals surface area contributed by atoms with E-state index in [0.717, 1.165) is 9.87 Å². The Bertz CT molecular complexity index is 1320. The molecule has 0 aliphatic rings. The standard InChI is InChI=1S/C28H32ClN3O5S/c1-4-26(28(34)30-5-2)31(19-21-11-15-24(37-3)16-12-21)27(33)20-32(23-9-7-6-8-10-23)38(35,36)25-17-13-22(29)14-18-25/h6-18,26H,4-5,19-20H2,1-3H3,(H,30,34). The van der Waals surface area contributed by atoms with Crippen molar-refractivity contribution in [2.45, 2.75) is 37.8 Å². The summed E-state index contributed by atoms with van der Waals surface area (Å²) in [7, 11) is -2.57. The van der Waals surface area contributed by atoms with Crippen molar-refractivity contribution in [3.05, 3.63) is 89.4 Å². The van der Waals surface area contributed by atoms with Gasteiger partial charge in [0, 0.05) is 18.1 Å². The minimum atomic E-state index is -4.13. The molecule has 0 aliphatic carbocycles. The van der Waals surface area contributed by atoms with Crippen LogP contribution in [0.5, 0.6) is 5.75 Å². The van der Waals surface area contributed by atoms with E-state index in [2.05, 4.69) is 5.32 Å². The van der Waals surface area contributed by atoms with Crippen LogP contribution in [0.25, 0.3) is 0 Å². The number of hydrogen-bond acceptors (Lipinski definition) is 5. The van der Waals surface area contributed by atoms with E-state index in [4.69, 9.17) is 16.3 Å². The van der Waals surface area contributed by atoms with Crippen LogP contribution < -0.4 is 14.4 Å². The van der Waals surface area contributed by atoms with E-state index in [0.29, 0.717) is 29.4 Å². The largest absolute Gasteiger partial charge is 0.497 e. The first-order chi connectivity index (χ1) is 18.2. The second-order valence-corrected chi connectivity index (χ2v) is 10.8. The zero-order chi connectivity index (χ0) is 27.7. The van der Waals surface area contributed by atoms with E-state index < -0.39 is 28.5 Å². The summed E-state index contributed by atoms with van der Waals surface area (Å²) in [6, 6.07) is 20.5. The van der Waals surface area contributed by atoms with Gasteiger partial charge in [0.05, 0.1) is 17.7 Å². The van der Waals surface area contributed by atoms with Crippen molar-refractivity contribution in [2.75, 3.05) is 24.5 Å². The van der Waals surface area contributed by atoms with Gasteiger partial charge >= 0.3 is 0 Å². The Kier molecular flexibility index (Phi) is 10.2. The fourth-order valence-electron chi connectivity index (χ4n) is 4.00. The predicted molar refractivity (Wildman–Crippen MR) is 149 cm³/mol. The molecule has 3 rings (SSSR count). The van der Waals surface area contributed by atoms with Crippen molar-refractivity contribution >= 4 is 39.1 Å². The lowest BCUT2D eigenvalue weighted by molar-refractivity contribution is -0.140. The van der Waals surface area contributed by atoms with Gasteiger partial charge in [0.2, 0.25) is 11.8 Å². The van der Waals surface area contributed by atoms with Crippen LogP contribution >= 0.6 is 11.6 Å². The van der Waals surface area contributed by atoms with Crippen LogP contribution in [0.2, 0.25) is 5.02 Å². The van der Waals surface area contributed by atoms with Crippen molar-refractivity contribution in [2.24, 2.45) is 0 Å².